The Morgan fingerprint density at radius 2 is 1.75 bits per heavy atom. The van der Waals surface area contributed by atoms with Crippen LogP contribution in [0.5, 0.6) is 0 Å². The number of benzene rings is 2. The Bertz CT molecular complexity index is 1140. The molecule has 1 aromatic heterocycles. The number of likely N-dealkylation sites (N-methyl/N-ethyl adjacent to an activating group) is 1. The summed E-state index contributed by atoms with van der Waals surface area (Å²) >= 11 is 0. The van der Waals surface area contributed by atoms with Crippen LogP contribution in [0, 0.1) is 17.0 Å². The molecular formula is C23H24N6O3. The Morgan fingerprint density at radius 1 is 1.03 bits per heavy atom. The van der Waals surface area contributed by atoms with Crippen molar-refractivity contribution >= 4 is 23.1 Å². The van der Waals surface area contributed by atoms with Crippen LogP contribution in [-0.2, 0) is 0 Å². The molecule has 4 rings (SSSR count). The molecule has 3 aromatic rings. The van der Waals surface area contributed by atoms with Crippen LogP contribution in [0.1, 0.15) is 16.1 Å². The van der Waals surface area contributed by atoms with Gasteiger partial charge in [0.05, 0.1) is 10.6 Å². The summed E-state index contributed by atoms with van der Waals surface area (Å²) in [7, 11) is 2.03. The molecule has 9 nitrogen and oxygen atoms in total. The van der Waals surface area contributed by atoms with Gasteiger partial charge in [0.15, 0.2) is 5.82 Å². The largest absolute Gasteiger partial charge is 0.339 e. The first kappa shape index (κ1) is 21.4. The molecule has 0 saturated carbocycles. The predicted octanol–water partition coefficient (Wildman–Crippen LogP) is 3.49. The topological polar surface area (TPSA) is 104 Å². The zero-order valence-electron chi connectivity index (χ0n) is 18.0. The summed E-state index contributed by atoms with van der Waals surface area (Å²) in [6, 6.07) is 15.6. The van der Waals surface area contributed by atoms with E-state index in [0.29, 0.717) is 41.7 Å². The van der Waals surface area contributed by atoms with Crippen LogP contribution in [-0.4, -0.2) is 63.8 Å². The van der Waals surface area contributed by atoms with E-state index >= 15 is 0 Å². The minimum atomic E-state index is -0.456. The summed E-state index contributed by atoms with van der Waals surface area (Å²) in [5, 5.41) is 14.3. The van der Waals surface area contributed by atoms with Crippen molar-refractivity contribution in [2.75, 3.05) is 38.5 Å². The van der Waals surface area contributed by atoms with Crippen molar-refractivity contribution in [2.24, 2.45) is 0 Å². The van der Waals surface area contributed by atoms with Gasteiger partial charge in [-0.25, -0.2) is 9.97 Å². The van der Waals surface area contributed by atoms with Gasteiger partial charge in [0, 0.05) is 49.6 Å². The maximum Gasteiger partial charge on any atom is 0.271 e. The number of non-ortho nitro benzene ring substituents is 1. The number of nitrogens with one attached hydrogen (secondary N) is 1. The second kappa shape index (κ2) is 9.11. The molecule has 1 amide bonds. The number of carbonyl (C=O) groups is 1. The average Bonchev–Trinajstić information content (AvgIpc) is 2.80. The highest BCUT2D eigenvalue weighted by Crippen LogP contribution is 2.28. The SMILES string of the molecule is Cc1nc(-c2ccccc2)nc(Nc2cccc([N+](=O)[O-])c2)c1C(=O)N1CCN(C)CC1. The molecule has 0 atom stereocenters. The molecule has 9 heteroatoms. The van der Waals surface area contributed by atoms with Crippen molar-refractivity contribution in [3.8, 4) is 11.4 Å². The van der Waals surface area contributed by atoms with Crippen LogP contribution in [0.3, 0.4) is 0 Å². The molecule has 2 aromatic carbocycles. The Balaban J connectivity index is 1.77. The van der Waals surface area contributed by atoms with E-state index in [2.05, 4.69) is 20.2 Å². The van der Waals surface area contributed by atoms with Crippen LogP contribution in [0.2, 0.25) is 0 Å². The normalized spacial score (nSPS) is 14.2. The summed E-state index contributed by atoms with van der Waals surface area (Å²) in [5.41, 5.74) is 2.17. The molecular weight excluding hydrogens is 408 g/mol. The van der Waals surface area contributed by atoms with Crippen molar-refractivity contribution < 1.29 is 9.72 Å². The lowest BCUT2D eigenvalue weighted by molar-refractivity contribution is -0.384. The molecule has 1 saturated heterocycles. The van der Waals surface area contributed by atoms with Crippen LogP contribution in [0.15, 0.2) is 54.6 Å². The van der Waals surface area contributed by atoms with E-state index in [4.69, 9.17) is 0 Å². The highest BCUT2D eigenvalue weighted by atomic mass is 16.6. The lowest BCUT2D eigenvalue weighted by Crippen LogP contribution is -2.47. The van der Waals surface area contributed by atoms with Gasteiger partial charge in [0.25, 0.3) is 11.6 Å². The molecule has 0 radical (unpaired) electrons. The standard InChI is InChI=1S/C23H24N6O3/c1-16-20(23(30)28-13-11-27(2)12-14-28)22(25-18-9-6-10-19(15-18)29(31)32)26-21(24-16)17-7-4-3-5-8-17/h3-10,15H,11-14H2,1-2H3,(H,24,25,26). The smallest absolute Gasteiger partial charge is 0.271 e. The first-order valence-corrected chi connectivity index (χ1v) is 10.4. The maximum absolute atomic E-state index is 13.4. The number of hydrogen-bond donors (Lipinski definition) is 1. The monoisotopic (exact) mass is 432 g/mol. The fraction of sp³-hybridized carbons (Fsp3) is 0.261. The second-order valence-corrected chi connectivity index (χ2v) is 7.75. The fourth-order valence-corrected chi connectivity index (χ4v) is 3.64. The van der Waals surface area contributed by atoms with Crippen LogP contribution < -0.4 is 5.32 Å². The number of aryl methyl sites for hydroxylation is 1. The molecule has 2 heterocycles. The van der Waals surface area contributed by atoms with Crippen molar-refractivity contribution in [1.82, 2.24) is 19.8 Å². The van der Waals surface area contributed by atoms with Crippen LogP contribution in [0.4, 0.5) is 17.2 Å². The lowest BCUT2D eigenvalue weighted by atomic mass is 10.1. The van der Waals surface area contributed by atoms with Gasteiger partial charge in [0.1, 0.15) is 11.4 Å². The number of hydrogen-bond acceptors (Lipinski definition) is 7. The fourth-order valence-electron chi connectivity index (χ4n) is 3.64. The third-order valence-corrected chi connectivity index (χ3v) is 5.45. The number of anilines is 2. The van der Waals surface area contributed by atoms with Crippen molar-refractivity contribution in [3.05, 3.63) is 76.0 Å². The quantitative estimate of drug-likeness (QED) is 0.486. The second-order valence-electron chi connectivity index (χ2n) is 7.75. The number of rotatable bonds is 5. The first-order valence-electron chi connectivity index (χ1n) is 10.4. The van der Waals surface area contributed by atoms with Gasteiger partial charge in [-0.15, -0.1) is 0 Å². The maximum atomic E-state index is 13.4. The number of nitrogens with zero attached hydrogens (tertiary/aromatic N) is 5. The highest BCUT2D eigenvalue weighted by molar-refractivity contribution is 6.00. The molecule has 164 valence electrons. The highest BCUT2D eigenvalue weighted by Gasteiger charge is 2.26. The first-order chi connectivity index (χ1) is 15.4. The Hall–Kier alpha value is -3.85. The minimum Gasteiger partial charge on any atom is -0.339 e. The van der Waals surface area contributed by atoms with Gasteiger partial charge < -0.3 is 15.1 Å². The Kier molecular flexibility index (Phi) is 6.09. The molecule has 0 spiro atoms. The van der Waals surface area contributed by atoms with Crippen LogP contribution in [0.25, 0.3) is 11.4 Å². The zero-order chi connectivity index (χ0) is 22.7. The molecule has 32 heavy (non-hydrogen) atoms. The van der Waals surface area contributed by atoms with Crippen LogP contribution >= 0.6 is 0 Å². The van der Waals surface area contributed by atoms with Gasteiger partial charge in [-0.2, -0.15) is 0 Å². The Labute approximate surface area is 185 Å². The predicted molar refractivity (Wildman–Crippen MR) is 122 cm³/mol. The number of aromatic nitrogens is 2. The van der Waals surface area contributed by atoms with E-state index in [9.17, 15) is 14.9 Å². The Morgan fingerprint density at radius 3 is 2.44 bits per heavy atom. The van der Waals surface area contributed by atoms with E-state index in [1.54, 1.807) is 24.0 Å². The van der Waals surface area contributed by atoms with E-state index < -0.39 is 4.92 Å². The minimum absolute atomic E-state index is 0.0454. The molecule has 1 aliphatic heterocycles. The van der Waals surface area contributed by atoms with E-state index in [1.165, 1.54) is 12.1 Å². The van der Waals surface area contributed by atoms with Gasteiger partial charge in [-0.3, -0.25) is 14.9 Å². The van der Waals surface area contributed by atoms with Gasteiger partial charge in [0.2, 0.25) is 0 Å². The number of nitro groups is 1. The number of nitro benzene ring substituents is 1. The summed E-state index contributed by atoms with van der Waals surface area (Å²) < 4.78 is 0. The average molecular weight is 432 g/mol. The van der Waals surface area contributed by atoms with Gasteiger partial charge >= 0.3 is 0 Å². The molecule has 1 aliphatic rings. The van der Waals surface area contributed by atoms with E-state index in [0.717, 1.165) is 18.7 Å². The van der Waals surface area contributed by atoms with E-state index in [-0.39, 0.29) is 11.6 Å². The summed E-state index contributed by atoms with van der Waals surface area (Å²) in [6.07, 6.45) is 0. The lowest BCUT2D eigenvalue weighted by Gasteiger charge is -2.33. The van der Waals surface area contributed by atoms with Crippen molar-refractivity contribution in [3.63, 3.8) is 0 Å². The molecule has 0 aliphatic carbocycles. The number of amides is 1. The summed E-state index contributed by atoms with van der Waals surface area (Å²) in [5.74, 6) is 0.662. The molecule has 1 N–H and O–H groups in total. The molecule has 1 fully saturated rings. The van der Waals surface area contributed by atoms with Gasteiger partial charge in [-0.1, -0.05) is 36.4 Å². The molecule has 0 bridgehead atoms. The van der Waals surface area contributed by atoms with E-state index in [1.807, 2.05) is 37.4 Å². The van der Waals surface area contributed by atoms with Crippen molar-refractivity contribution in [2.45, 2.75) is 6.92 Å². The number of carbonyl (C=O) groups excluding carboxylic acids is 1. The zero-order valence-corrected chi connectivity index (χ0v) is 18.0. The number of piperazine rings is 1. The van der Waals surface area contributed by atoms with Gasteiger partial charge in [-0.05, 0) is 20.0 Å². The third-order valence-electron chi connectivity index (χ3n) is 5.45. The van der Waals surface area contributed by atoms with Crippen molar-refractivity contribution in [1.29, 1.82) is 0 Å². The molecule has 0 unspecified atom stereocenters. The summed E-state index contributed by atoms with van der Waals surface area (Å²) in [4.78, 5) is 37.4. The summed E-state index contributed by atoms with van der Waals surface area (Å²) in [6.45, 7) is 4.61. The third kappa shape index (κ3) is 4.57.